The summed E-state index contributed by atoms with van der Waals surface area (Å²) in [5, 5.41) is 14.7. The van der Waals surface area contributed by atoms with Crippen LogP contribution in [0.5, 0.6) is 0 Å². The molecule has 0 bridgehead atoms. The van der Waals surface area contributed by atoms with Gasteiger partial charge in [-0.2, -0.15) is 0 Å². The van der Waals surface area contributed by atoms with Gasteiger partial charge in [0, 0.05) is 31.6 Å². The van der Waals surface area contributed by atoms with Crippen molar-refractivity contribution in [1.82, 2.24) is 10.6 Å². The molecular formula is C22H42N2O5. The number of nitrogens with one attached hydrogen (secondary N) is 2. The number of ether oxygens (including phenoxy) is 1. The molecule has 0 spiro atoms. The molecule has 0 aliphatic carbocycles. The van der Waals surface area contributed by atoms with Gasteiger partial charge in [0.1, 0.15) is 11.6 Å². The van der Waals surface area contributed by atoms with Crippen molar-refractivity contribution in [2.75, 3.05) is 13.2 Å². The average molecular weight is 415 g/mol. The van der Waals surface area contributed by atoms with Gasteiger partial charge in [0.05, 0.1) is 0 Å². The lowest BCUT2D eigenvalue weighted by Gasteiger charge is -2.27. The van der Waals surface area contributed by atoms with Gasteiger partial charge >= 0.3 is 0 Å². The van der Waals surface area contributed by atoms with Gasteiger partial charge in [-0.05, 0) is 52.4 Å². The second kappa shape index (κ2) is 13.7. The molecule has 0 aliphatic rings. The lowest BCUT2D eigenvalue weighted by Crippen LogP contribution is -2.49. The fourth-order valence-electron chi connectivity index (χ4n) is 3.03. The molecule has 0 aromatic heterocycles. The van der Waals surface area contributed by atoms with Gasteiger partial charge in [0.2, 0.25) is 11.8 Å². The van der Waals surface area contributed by atoms with Crippen LogP contribution in [-0.2, 0) is 19.1 Å². The number of ketones is 1. The van der Waals surface area contributed by atoms with Crippen molar-refractivity contribution in [3.05, 3.63) is 0 Å². The van der Waals surface area contributed by atoms with Crippen LogP contribution in [0, 0.1) is 11.8 Å². The van der Waals surface area contributed by atoms with Crippen molar-refractivity contribution in [2.45, 2.75) is 98.3 Å². The number of amides is 2. The summed E-state index contributed by atoms with van der Waals surface area (Å²) in [5.74, 6) is -0.217. The van der Waals surface area contributed by atoms with Crippen LogP contribution in [0.3, 0.4) is 0 Å². The van der Waals surface area contributed by atoms with E-state index < -0.39 is 11.6 Å². The van der Waals surface area contributed by atoms with Gasteiger partial charge < -0.3 is 20.5 Å². The molecule has 0 heterocycles. The van der Waals surface area contributed by atoms with E-state index in [9.17, 15) is 14.4 Å². The zero-order valence-electron chi connectivity index (χ0n) is 19.3. The first kappa shape index (κ1) is 27.5. The van der Waals surface area contributed by atoms with E-state index in [1.54, 1.807) is 13.8 Å². The number of aliphatic hydroxyl groups excluding tert-OH is 1. The normalized spacial score (nSPS) is 14.0. The lowest BCUT2D eigenvalue weighted by atomic mass is 9.94. The Bertz CT molecular complexity index is 517. The van der Waals surface area contributed by atoms with Crippen molar-refractivity contribution in [2.24, 2.45) is 11.8 Å². The molecule has 0 aromatic carbocycles. The summed E-state index contributed by atoms with van der Waals surface area (Å²) in [4.78, 5) is 36.9. The fourth-order valence-corrected chi connectivity index (χ4v) is 3.03. The van der Waals surface area contributed by atoms with E-state index in [2.05, 4.69) is 10.6 Å². The molecule has 7 nitrogen and oxygen atoms in total. The predicted octanol–water partition coefficient (Wildman–Crippen LogP) is 2.59. The molecular weight excluding hydrogens is 372 g/mol. The number of carbonyl (C=O) groups is 3. The number of hydrogen-bond acceptors (Lipinski definition) is 5. The average Bonchev–Trinajstić information content (AvgIpc) is 2.59. The lowest BCUT2D eigenvalue weighted by molar-refractivity contribution is -0.144. The Kier molecular flexibility index (Phi) is 13.0. The van der Waals surface area contributed by atoms with E-state index in [1.807, 2.05) is 34.6 Å². The number of Topliss-reactive ketones (excluding diaryl/α,β-unsaturated/α-hetero) is 1. The quantitative estimate of drug-likeness (QED) is 0.357. The highest BCUT2D eigenvalue weighted by Gasteiger charge is 2.30. The maximum atomic E-state index is 12.6. The molecule has 0 radical (unpaired) electrons. The second-order valence-electron chi connectivity index (χ2n) is 9.01. The van der Waals surface area contributed by atoms with Crippen LogP contribution >= 0.6 is 0 Å². The Morgan fingerprint density at radius 2 is 1.59 bits per heavy atom. The predicted molar refractivity (Wildman–Crippen MR) is 114 cm³/mol. The second-order valence-corrected chi connectivity index (χ2v) is 9.01. The van der Waals surface area contributed by atoms with Crippen LogP contribution in [0.1, 0.15) is 80.6 Å². The Morgan fingerprint density at radius 1 is 0.966 bits per heavy atom. The highest BCUT2D eigenvalue weighted by molar-refractivity contribution is 5.88. The Hall–Kier alpha value is -1.47. The van der Waals surface area contributed by atoms with Crippen LogP contribution in [0.25, 0.3) is 0 Å². The first-order chi connectivity index (χ1) is 13.4. The van der Waals surface area contributed by atoms with Gasteiger partial charge in [0.25, 0.3) is 0 Å². The minimum atomic E-state index is -0.852. The highest BCUT2D eigenvalue weighted by Crippen LogP contribution is 2.17. The summed E-state index contributed by atoms with van der Waals surface area (Å²) >= 11 is 0. The van der Waals surface area contributed by atoms with Crippen LogP contribution < -0.4 is 10.6 Å². The zero-order valence-corrected chi connectivity index (χ0v) is 19.3. The van der Waals surface area contributed by atoms with Crippen molar-refractivity contribution in [1.29, 1.82) is 0 Å². The summed E-state index contributed by atoms with van der Waals surface area (Å²) in [6.07, 6.45) is 2.65. The van der Waals surface area contributed by atoms with Crippen LogP contribution in [-0.4, -0.2) is 53.6 Å². The highest BCUT2D eigenvalue weighted by atomic mass is 16.5. The van der Waals surface area contributed by atoms with Crippen molar-refractivity contribution < 1.29 is 24.2 Å². The molecule has 170 valence electrons. The third-order valence-corrected chi connectivity index (χ3v) is 4.67. The Balaban J connectivity index is 4.64. The van der Waals surface area contributed by atoms with E-state index in [4.69, 9.17) is 9.84 Å². The van der Waals surface area contributed by atoms with Gasteiger partial charge in [0.15, 0.2) is 5.78 Å². The maximum absolute atomic E-state index is 12.6. The SMILES string of the molecule is CC(C)CC(=O)NC(CCCCO)C(=O)NC(C)CCOC(C)(C)C(=O)C(C)C. The van der Waals surface area contributed by atoms with E-state index >= 15 is 0 Å². The molecule has 2 atom stereocenters. The number of carbonyl (C=O) groups excluding carboxylic acids is 3. The zero-order chi connectivity index (χ0) is 22.6. The first-order valence-electron chi connectivity index (χ1n) is 10.8. The fraction of sp³-hybridized carbons (Fsp3) is 0.864. The Labute approximate surface area is 176 Å². The van der Waals surface area contributed by atoms with E-state index in [-0.39, 0.29) is 42.1 Å². The monoisotopic (exact) mass is 414 g/mol. The van der Waals surface area contributed by atoms with E-state index in [0.29, 0.717) is 38.7 Å². The molecule has 2 unspecified atom stereocenters. The molecule has 0 saturated heterocycles. The molecule has 0 aliphatic heterocycles. The smallest absolute Gasteiger partial charge is 0.242 e. The molecule has 7 heteroatoms. The third-order valence-electron chi connectivity index (χ3n) is 4.67. The first-order valence-corrected chi connectivity index (χ1v) is 10.8. The van der Waals surface area contributed by atoms with Crippen LogP contribution in [0.2, 0.25) is 0 Å². The topological polar surface area (TPSA) is 105 Å². The van der Waals surface area contributed by atoms with Crippen LogP contribution in [0.15, 0.2) is 0 Å². The van der Waals surface area contributed by atoms with Crippen molar-refractivity contribution in [3.63, 3.8) is 0 Å². The molecule has 0 fully saturated rings. The third kappa shape index (κ3) is 12.0. The van der Waals surface area contributed by atoms with Gasteiger partial charge in [-0.3, -0.25) is 14.4 Å². The molecule has 29 heavy (non-hydrogen) atoms. The minimum absolute atomic E-state index is 0.0472. The van der Waals surface area contributed by atoms with E-state index in [0.717, 1.165) is 0 Å². The summed E-state index contributed by atoms with van der Waals surface area (Å²) in [7, 11) is 0. The van der Waals surface area contributed by atoms with Gasteiger partial charge in [-0.15, -0.1) is 0 Å². The summed E-state index contributed by atoms with van der Waals surface area (Å²) in [6, 6.07) is -0.773. The number of hydrogen-bond donors (Lipinski definition) is 3. The largest absolute Gasteiger partial charge is 0.396 e. The minimum Gasteiger partial charge on any atom is -0.396 e. The number of unbranched alkanes of at least 4 members (excludes halogenated alkanes) is 1. The summed E-state index contributed by atoms with van der Waals surface area (Å²) in [5.41, 5.74) is -0.852. The Morgan fingerprint density at radius 3 is 2.10 bits per heavy atom. The summed E-state index contributed by atoms with van der Waals surface area (Å²) < 4.78 is 5.75. The molecule has 2 amide bonds. The van der Waals surface area contributed by atoms with Crippen molar-refractivity contribution >= 4 is 17.6 Å². The molecule has 0 saturated carbocycles. The molecule has 0 aromatic rings. The molecule has 0 rings (SSSR count). The summed E-state index contributed by atoms with van der Waals surface area (Å²) in [6.45, 7) is 13.4. The molecule has 3 N–H and O–H groups in total. The van der Waals surface area contributed by atoms with E-state index in [1.165, 1.54) is 0 Å². The maximum Gasteiger partial charge on any atom is 0.242 e. The van der Waals surface area contributed by atoms with Gasteiger partial charge in [-0.1, -0.05) is 27.7 Å². The van der Waals surface area contributed by atoms with Gasteiger partial charge in [-0.25, -0.2) is 0 Å². The number of rotatable bonds is 15. The number of aliphatic hydroxyl groups is 1. The standard InChI is InChI=1S/C22H42N2O5/c1-15(2)14-19(26)24-18(10-8-9-12-25)21(28)23-17(5)11-13-29-22(6,7)20(27)16(3)4/h15-18,25H,8-14H2,1-7H3,(H,23,28)(H,24,26). The van der Waals surface area contributed by atoms with Crippen LogP contribution in [0.4, 0.5) is 0 Å². The van der Waals surface area contributed by atoms with Crippen molar-refractivity contribution in [3.8, 4) is 0 Å².